The van der Waals surface area contributed by atoms with Gasteiger partial charge in [-0.3, -0.25) is 4.18 Å². The molecule has 22 heavy (non-hydrogen) atoms. The van der Waals surface area contributed by atoms with Crippen LogP contribution in [0.4, 0.5) is 4.79 Å². The molecule has 0 aromatic carbocycles. The Morgan fingerprint density at radius 2 is 1.86 bits per heavy atom. The molecule has 1 unspecified atom stereocenters. The van der Waals surface area contributed by atoms with E-state index < -0.39 is 16.2 Å². The van der Waals surface area contributed by atoms with Crippen LogP contribution in [-0.2, 0) is 19.0 Å². The standard InChI is InChI=1S/C15H29NO5S/c1-4-6-8-10-13(9-7-5-2)16-11-14(21-15(16)17)12-20-22(3,18)19/h13-14H,4-12H2,1-3H3/t13?,14-/m1/s1. The van der Waals surface area contributed by atoms with Gasteiger partial charge in [-0.25, -0.2) is 4.79 Å². The second kappa shape index (κ2) is 9.35. The summed E-state index contributed by atoms with van der Waals surface area (Å²) >= 11 is 0. The Kier molecular flexibility index (Phi) is 8.17. The fourth-order valence-corrected chi connectivity index (χ4v) is 3.05. The first-order valence-corrected chi connectivity index (χ1v) is 10.0. The minimum Gasteiger partial charge on any atom is -0.442 e. The van der Waals surface area contributed by atoms with Gasteiger partial charge >= 0.3 is 6.09 Å². The first-order valence-electron chi connectivity index (χ1n) is 8.19. The Hall–Kier alpha value is -0.820. The van der Waals surface area contributed by atoms with E-state index in [2.05, 4.69) is 13.8 Å². The number of rotatable bonds is 11. The van der Waals surface area contributed by atoms with Gasteiger partial charge in [-0.05, 0) is 12.8 Å². The van der Waals surface area contributed by atoms with Crippen molar-refractivity contribution in [2.45, 2.75) is 70.9 Å². The van der Waals surface area contributed by atoms with Crippen molar-refractivity contribution in [1.82, 2.24) is 4.90 Å². The highest BCUT2D eigenvalue weighted by molar-refractivity contribution is 7.85. The minimum absolute atomic E-state index is 0.101. The van der Waals surface area contributed by atoms with Gasteiger partial charge in [-0.15, -0.1) is 0 Å². The van der Waals surface area contributed by atoms with E-state index in [0.29, 0.717) is 6.54 Å². The van der Waals surface area contributed by atoms with Gasteiger partial charge < -0.3 is 9.64 Å². The van der Waals surface area contributed by atoms with E-state index in [4.69, 9.17) is 8.92 Å². The molecule has 1 heterocycles. The van der Waals surface area contributed by atoms with Crippen LogP contribution >= 0.6 is 0 Å². The number of hydrogen-bond donors (Lipinski definition) is 0. The molecule has 1 amide bonds. The summed E-state index contributed by atoms with van der Waals surface area (Å²) < 4.78 is 32.0. The van der Waals surface area contributed by atoms with Crippen molar-refractivity contribution in [3.8, 4) is 0 Å². The molecule has 0 spiro atoms. The van der Waals surface area contributed by atoms with Crippen molar-refractivity contribution >= 4 is 16.2 Å². The predicted octanol–water partition coefficient (Wildman–Crippen LogP) is 2.92. The van der Waals surface area contributed by atoms with Crippen LogP contribution in [0.3, 0.4) is 0 Å². The van der Waals surface area contributed by atoms with Crippen molar-refractivity contribution < 1.29 is 22.1 Å². The zero-order valence-corrected chi connectivity index (χ0v) is 14.7. The molecule has 7 heteroatoms. The molecule has 0 aromatic heterocycles. The largest absolute Gasteiger partial charge is 0.442 e. The van der Waals surface area contributed by atoms with E-state index in [1.54, 1.807) is 4.90 Å². The highest BCUT2D eigenvalue weighted by atomic mass is 32.2. The average molecular weight is 335 g/mol. The molecule has 0 aliphatic carbocycles. The van der Waals surface area contributed by atoms with Gasteiger partial charge in [-0.2, -0.15) is 8.42 Å². The van der Waals surface area contributed by atoms with Gasteiger partial charge in [0, 0.05) is 6.04 Å². The van der Waals surface area contributed by atoms with Crippen LogP contribution in [0, 0.1) is 0 Å². The summed E-state index contributed by atoms with van der Waals surface area (Å²) in [7, 11) is -3.51. The number of unbranched alkanes of at least 4 members (excludes halogenated alkanes) is 3. The van der Waals surface area contributed by atoms with Crippen LogP contribution in [0.5, 0.6) is 0 Å². The third-order valence-electron chi connectivity index (χ3n) is 3.84. The summed E-state index contributed by atoms with van der Waals surface area (Å²) in [5.74, 6) is 0. The quantitative estimate of drug-likeness (QED) is 0.429. The Labute approximate surface area is 134 Å². The van der Waals surface area contributed by atoms with Crippen molar-refractivity contribution in [1.29, 1.82) is 0 Å². The zero-order chi connectivity index (χ0) is 16.6. The van der Waals surface area contributed by atoms with Crippen molar-refractivity contribution in [2.75, 3.05) is 19.4 Å². The predicted molar refractivity (Wildman–Crippen MR) is 85.2 cm³/mol. The third-order valence-corrected chi connectivity index (χ3v) is 4.41. The topological polar surface area (TPSA) is 72.9 Å². The van der Waals surface area contributed by atoms with Crippen LogP contribution in [0.25, 0.3) is 0 Å². The summed E-state index contributed by atoms with van der Waals surface area (Å²) in [6, 6.07) is 0.183. The molecule has 1 aliphatic heterocycles. The zero-order valence-electron chi connectivity index (χ0n) is 13.9. The normalized spacial score (nSPS) is 20.2. The van der Waals surface area contributed by atoms with E-state index in [1.807, 2.05) is 0 Å². The van der Waals surface area contributed by atoms with Gasteiger partial charge in [0.15, 0.2) is 0 Å². The number of nitrogens with zero attached hydrogens (tertiary/aromatic N) is 1. The van der Waals surface area contributed by atoms with Gasteiger partial charge in [0.25, 0.3) is 10.1 Å². The van der Waals surface area contributed by atoms with Gasteiger partial charge in [0.1, 0.15) is 12.7 Å². The fourth-order valence-electron chi connectivity index (χ4n) is 2.65. The number of hydrogen-bond acceptors (Lipinski definition) is 5. The maximum atomic E-state index is 12.0. The monoisotopic (exact) mass is 335 g/mol. The molecule has 6 nitrogen and oxygen atoms in total. The first-order chi connectivity index (χ1) is 10.4. The highest BCUT2D eigenvalue weighted by Crippen LogP contribution is 2.22. The maximum absolute atomic E-state index is 12.0. The molecule has 2 atom stereocenters. The van der Waals surface area contributed by atoms with Crippen LogP contribution in [0.1, 0.15) is 58.8 Å². The summed E-state index contributed by atoms with van der Waals surface area (Å²) in [5, 5.41) is 0. The lowest BCUT2D eigenvalue weighted by Gasteiger charge is -2.25. The summed E-state index contributed by atoms with van der Waals surface area (Å²) in [5.41, 5.74) is 0. The van der Waals surface area contributed by atoms with E-state index >= 15 is 0 Å². The lowest BCUT2D eigenvalue weighted by molar-refractivity contribution is 0.103. The SMILES string of the molecule is CCCCCC(CCCC)N1C[C@H](COS(C)(=O)=O)OC1=O. The van der Waals surface area contributed by atoms with Crippen LogP contribution < -0.4 is 0 Å². The third kappa shape index (κ3) is 6.96. The highest BCUT2D eigenvalue weighted by Gasteiger charge is 2.36. The van der Waals surface area contributed by atoms with Crippen molar-refractivity contribution in [2.24, 2.45) is 0 Å². The Bertz CT molecular complexity index is 437. The molecule has 0 saturated carbocycles. The fraction of sp³-hybridized carbons (Fsp3) is 0.933. The Morgan fingerprint density at radius 1 is 1.23 bits per heavy atom. The summed E-state index contributed by atoms with van der Waals surface area (Å²) in [6.45, 7) is 4.60. The number of amides is 1. The molecular weight excluding hydrogens is 306 g/mol. The van der Waals surface area contributed by atoms with Crippen LogP contribution in [0.15, 0.2) is 0 Å². The molecule has 1 saturated heterocycles. The maximum Gasteiger partial charge on any atom is 0.410 e. The van der Waals surface area contributed by atoms with E-state index in [9.17, 15) is 13.2 Å². The van der Waals surface area contributed by atoms with Crippen LogP contribution in [0.2, 0.25) is 0 Å². The molecule has 1 aliphatic rings. The molecule has 0 bridgehead atoms. The molecule has 0 N–H and O–H groups in total. The number of ether oxygens (including phenoxy) is 1. The van der Waals surface area contributed by atoms with E-state index in [1.165, 1.54) is 0 Å². The van der Waals surface area contributed by atoms with Gasteiger partial charge in [-0.1, -0.05) is 46.0 Å². The second-order valence-electron chi connectivity index (χ2n) is 5.94. The molecule has 1 rings (SSSR count). The van der Waals surface area contributed by atoms with Crippen LogP contribution in [-0.4, -0.2) is 51.0 Å². The summed E-state index contributed by atoms with van der Waals surface area (Å²) in [4.78, 5) is 13.8. The lowest BCUT2D eigenvalue weighted by atomic mass is 10.0. The molecule has 0 radical (unpaired) electrons. The lowest BCUT2D eigenvalue weighted by Crippen LogP contribution is -2.37. The van der Waals surface area contributed by atoms with Gasteiger partial charge in [0.05, 0.1) is 12.8 Å². The van der Waals surface area contributed by atoms with E-state index in [-0.39, 0.29) is 18.7 Å². The molecule has 130 valence electrons. The van der Waals surface area contributed by atoms with Crippen molar-refractivity contribution in [3.05, 3.63) is 0 Å². The second-order valence-corrected chi connectivity index (χ2v) is 7.58. The van der Waals surface area contributed by atoms with Gasteiger partial charge in [0.2, 0.25) is 0 Å². The molecule has 0 aromatic rings. The first kappa shape index (κ1) is 19.2. The molecule has 1 fully saturated rings. The number of carbonyl (C=O) groups is 1. The average Bonchev–Trinajstić information content (AvgIpc) is 2.81. The number of cyclic esters (lactones) is 1. The minimum atomic E-state index is -3.51. The summed E-state index contributed by atoms with van der Waals surface area (Å²) in [6.07, 6.45) is 7.66. The smallest absolute Gasteiger partial charge is 0.410 e. The number of carbonyl (C=O) groups excluding carboxylic acids is 1. The Balaban J connectivity index is 2.55. The Morgan fingerprint density at radius 3 is 2.45 bits per heavy atom. The van der Waals surface area contributed by atoms with Crippen molar-refractivity contribution in [3.63, 3.8) is 0 Å². The molecular formula is C15H29NO5S. The van der Waals surface area contributed by atoms with E-state index in [0.717, 1.165) is 51.2 Å².